The molecule has 166 valence electrons. The molecule has 0 atom stereocenters. The second kappa shape index (κ2) is 13.5. The van der Waals surface area contributed by atoms with E-state index in [1.54, 1.807) is 12.3 Å². The molecular weight excluding hydrogens is 507 g/mol. The maximum atomic E-state index is 11.9. The minimum atomic E-state index is -0.164. The predicted molar refractivity (Wildman–Crippen MR) is 134 cm³/mol. The number of halogens is 1. The van der Waals surface area contributed by atoms with Crippen molar-refractivity contribution < 1.29 is 13.9 Å². The average molecular weight is 536 g/mol. The van der Waals surface area contributed by atoms with Crippen LogP contribution in [0, 0.1) is 0 Å². The summed E-state index contributed by atoms with van der Waals surface area (Å²) in [5.74, 6) is 2.02. The Balaban J connectivity index is 0.00000341. The van der Waals surface area contributed by atoms with Gasteiger partial charge in [0.05, 0.1) is 19.4 Å². The molecule has 2 aromatic carbocycles. The monoisotopic (exact) mass is 536 g/mol. The van der Waals surface area contributed by atoms with Gasteiger partial charge in [-0.2, -0.15) is 0 Å². The summed E-state index contributed by atoms with van der Waals surface area (Å²) in [4.78, 5) is 16.3. The van der Waals surface area contributed by atoms with Gasteiger partial charge in [-0.3, -0.25) is 4.79 Å². The van der Waals surface area contributed by atoms with Crippen LogP contribution in [0.4, 0.5) is 0 Å². The molecule has 1 amide bonds. The predicted octanol–water partition coefficient (Wildman–Crippen LogP) is 3.69. The molecule has 8 heteroatoms. The summed E-state index contributed by atoms with van der Waals surface area (Å²) in [5.41, 5.74) is 0. The number of nitrogens with one attached hydrogen (secondary N) is 3. The second-order valence-corrected chi connectivity index (χ2v) is 6.69. The number of hydrogen-bond acceptors (Lipinski definition) is 4. The van der Waals surface area contributed by atoms with Crippen LogP contribution in [0.3, 0.4) is 0 Å². The summed E-state index contributed by atoms with van der Waals surface area (Å²) in [5, 5.41) is 11.5. The molecule has 0 fully saturated rings. The highest BCUT2D eigenvalue weighted by Gasteiger charge is 2.04. The number of ether oxygens (including phenoxy) is 1. The van der Waals surface area contributed by atoms with E-state index >= 15 is 0 Å². The smallest absolute Gasteiger partial charge is 0.242 e. The maximum Gasteiger partial charge on any atom is 0.242 e. The first kappa shape index (κ1) is 24.5. The van der Waals surface area contributed by atoms with Gasteiger partial charge in [-0.05, 0) is 48.4 Å². The summed E-state index contributed by atoms with van der Waals surface area (Å²) < 4.78 is 11.0. The topological polar surface area (TPSA) is 87.9 Å². The molecule has 0 unspecified atom stereocenters. The highest BCUT2D eigenvalue weighted by Crippen LogP contribution is 2.20. The Bertz CT molecular complexity index is 960. The van der Waals surface area contributed by atoms with Crippen molar-refractivity contribution in [3.8, 4) is 5.75 Å². The lowest BCUT2D eigenvalue weighted by Crippen LogP contribution is -2.39. The van der Waals surface area contributed by atoms with Crippen LogP contribution in [0.5, 0.6) is 5.75 Å². The summed E-state index contributed by atoms with van der Waals surface area (Å²) in [6, 6.07) is 17.9. The Kier molecular flexibility index (Phi) is 10.7. The number of benzene rings is 2. The van der Waals surface area contributed by atoms with Gasteiger partial charge in [0, 0.05) is 13.1 Å². The van der Waals surface area contributed by atoms with Crippen LogP contribution in [0.2, 0.25) is 0 Å². The fraction of sp³-hybridized carbons (Fsp3) is 0.304. The third kappa shape index (κ3) is 8.49. The summed E-state index contributed by atoms with van der Waals surface area (Å²) in [6.07, 6.45) is 2.39. The molecule has 1 heterocycles. The van der Waals surface area contributed by atoms with Crippen LogP contribution in [-0.4, -0.2) is 38.1 Å². The Morgan fingerprint density at radius 2 is 1.87 bits per heavy atom. The van der Waals surface area contributed by atoms with E-state index in [9.17, 15) is 4.79 Å². The molecule has 7 nitrogen and oxygen atoms in total. The van der Waals surface area contributed by atoms with Crippen LogP contribution in [0.25, 0.3) is 10.8 Å². The van der Waals surface area contributed by atoms with Gasteiger partial charge in [0.1, 0.15) is 18.1 Å². The number of carbonyl (C=O) groups is 1. The summed E-state index contributed by atoms with van der Waals surface area (Å²) in [6.45, 7) is 4.38. The van der Waals surface area contributed by atoms with Crippen LogP contribution in [0.1, 0.15) is 19.1 Å². The van der Waals surface area contributed by atoms with Crippen LogP contribution >= 0.6 is 24.0 Å². The number of aliphatic imine (C=N–C) groups is 1. The zero-order chi connectivity index (χ0) is 21.0. The molecule has 0 aliphatic carbocycles. The minimum absolute atomic E-state index is 0. The van der Waals surface area contributed by atoms with Gasteiger partial charge in [0.15, 0.2) is 5.96 Å². The second-order valence-electron chi connectivity index (χ2n) is 6.69. The molecule has 0 aliphatic heterocycles. The molecule has 0 aliphatic rings. The first-order valence-corrected chi connectivity index (χ1v) is 10.2. The van der Waals surface area contributed by atoms with Gasteiger partial charge in [-0.1, -0.05) is 30.3 Å². The number of hydrogen-bond donors (Lipinski definition) is 3. The maximum absolute atomic E-state index is 11.9. The van der Waals surface area contributed by atoms with Crippen LogP contribution in [0.15, 0.2) is 70.3 Å². The van der Waals surface area contributed by atoms with Gasteiger partial charge < -0.3 is 25.1 Å². The normalized spacial score (nSPS) is 10.9. The summed E-state index contributed by atoms with van der Waals surface area (Å²) >= 11 is 0. The Hall–Kier alpha value is -2.75. The molecule has 3 N–H and O–H groups in total. The third-order valence-electron chi connectivity index (χ3n) is 4.37. The fourth-order valence-corrected chi connectivity index (χ4v) is 2.87. The quantitative estimate of drug-likeness (QED) is 0.159. The molecule has 1 aromatic heterocycles. The SMILES string of the molecule is CCNC(=NCC(=O)NCc1ccco1)NCCCOc1ccc2ccccc2c1.I. The summed E-state index contributed by atoms with van der Waals surface area (Å²) in [7, 11) is 0. The first-order chi connectivity index (χ1) is 14.7. The van der Waals surface area contributed by atoms with E-state index < -0.39 is 0 Å². The van der Waals surface area contributed by atoms with E-state index in [1.807, 2.05) is 31.2 Å². The van der Waals surface area contributed by atoms with Gasteiger partial charge in [0.25, 0.3) is 0 Å². The number of carbonyl (C=O) groups excluding carboxylic acids is 1. The zero-order valence-electron chi connectivity index (χ0n) is 17.6. The van der Waals surface area contributed by atoms with Gasteiger partial charge in [-0.15, -0.1) is 24.0 Å². The molecule has 0 saturated heterocycles. The molecule has 31 heavy (non-hydrogen) atoms. The Morgan fingerprint density at radius 3 is 2.65 bits per heavy atom. The van der Waals surface area contributed by atoms with Crippen molar-refractivity contribution in [2.45, 2.75) is 19.9 Å². The lowest BCUT2D eigenvalue weighted by molar-refractivity contribution is -0.119. The molecule has 0 spiro atoms. The van der Waals surface area contributed by atoms with E-state index in [1.165, 1.54) is 10.8 Å². The van der Waals surface area contributed by atoms with Crippen molar-refractivity contribution in [1.82, 2.24) is 16.0 Å². The number of fused-ring (bicyclic) bond motifs is 1. The molecule has 0 bridgehead atoms. The van der Waals surface area contributed by atoms with Crippen molar-refractivity contribution in [2.24, 2.45) is 4.99 Å². The number of rotatable bonds is 10. The lowest BCUT2D eigenvalue weighted by Gasteiger charge is -2.12. The van der Waals surface area contributed by atoms with E-state index in [2.05, 4.69) is 45.2 Å². The highest BCUT2D eigenvalue weighted by molar-refractivity contribution is 14.0. The number of guanidine groups is 1. The van der Waals surface area contributed by atoms with Crippen molar-refractivity contribution >= 4 is 46.6 Å². The van der Waals surface area contributed by atoms with Gasteiger partial charge >= 0.3 is 0 Å². The molecule has 0 radical (unpaired) electrons. The first-order valence-electron chi connectivity index (χ1n) is 10.2. The number of nitrogens with zero attached hydrogens (tertiary/aromatic N) is 1. The zero-order valence-corrected chi connectivity index (χ0v) is 19.9. The van der Waals surface area contributed by atoms with E-state index in [4.69, 9.17) is 9.15 Å². The van der Waals surface area contributed by atoms with Crippen LogP contribution < -0.4 is 20.7 Å². The van der Waals surface area contributed by atoms with E-state index in [-0.39, 0.29) is 36.4 Å². The van der Waals surface area contributed by atoms with Gasteiger partial charge in [0.2, 0.25) is 5.91 Å². The van der Waals surface area contributed by atoms with E-state index in [0.717, 1.165) is 12.2 Å². The van der Waals surface area contributed by atoms with Gasteiger partial charge in [-0.25, -0.2) is 4.99 Å². The number of amides is 1. The highest BCUT2D eigenvalue weighted by atomic mass is 127. The molecule has 3 aromatic rings. The van der Waals surface area contributed by atoms with Crippen molar-refractivity contribution in [3.63, 3.8) is 0 Å². The van der Waals surface area contributed by atoms with Crippen molar-refractivity contribution in [3.05, 3.63) is 66.6 Å². The molecule has 3 rings (SSSR count). The van der Waals surface area contributed by atoms with Crippen molar-refractivity contribution in [2.75, 3.05) is 26.2 Å². The van der Waals surface area contributed by atoms with E-state index in [0.29, 0.717) is 38.0 Å². The number of furan rings is 1. The molecular formula is C23H29IN4O3. The standard InChI is InChI=1S/C23H28N4O3.HI/c1-2-24-23(27-17-22(28)26-16-21-9-5-13-30-21)25-12-6-14-29-20-11-10-18-7-3-4-8-19(18)15-20;/h3-5,7-11,13,15H,2,6,12,14,16-17H2,1H3,(H,26,28)(H2,24,25,27);1H. The Morgan fingerprint density at radius 1 is 1.03 bits per heavy atom. The fourth-order valence-electron chi connectivity index (χ4n) is 2.87. The average Bonchev–Trinajstić information content (AvgIpc) is 3.29. The lowest BCUT2D eigenvalue weighted by atomic mass is 10.1. The van der Waals surface area contributed by atoms with Crippen LogP contribution in [-0.2, 0) is 11.3 Å². The minimum Gasteiger partial charge on any atom is -0.494 e. The Labute approximate surface area is 199 Å². The van der Waals surface area contributed by atoms with Crippen molar-refractivity contribution in [1.29, 1.82) is 0 Å². The largest absolute Gasteiger partial charge is 0.494 e. The molecule has 0 saturated carbocycles. The third-order valence-corrected chi connectivity index (χ3v) is 4.37.